The Morgan fingerprint density at radius 2 is 2.09 bits per heavy atom. The SMILES string of the molecule is CC(=O)OC[C@@](C)(F)C(=O)O. The molecule has 5 heteroatoms. The van der Waals surface area contributed by atoms with Gasteiger partial charge in [0.05, 0.1) is 0 Å². The summed E-state index contributed by atoms with van der Waals surface area (Å²) in [4.78, 5) is 20.2. The Morgan fingerprint density at radius 3 is 2.36 bits per heavy atom. The van der Waals surface area contributed by atoms with E-state index in [4.69, 9.17) is 5.11 Å². The monoisotopic (exact) mass is 164 g/mol. The van der Waals surface area contributed by atoms with Gasteiger partial charge in [-0.05, 0) is 6.92 Å². The van der Waals surface area contributed by atoms with Gasteiger partial charge in [0.1, 0.15) is 6.61 Å². The predicted molar refractivity (Wildman–Crippen MR) is 33.8 cm³/mol. The molecule has 1 atom stereocenters. The lowest BCUT2D eigenvalue weighted by atomic mass is 10.1. The van der Waals surface area contributed by atoms with Gasteiger partial charge < -0.3 is 9.84 Å². The van der Waals surface area contributed by atoms with Crippen LogP contribution in [0.5, 0.6) is 0 Å². The van der Waals surface area contributed by atoms with Gasteiger partial charge in [-0.1, -0.05) is 0 Å². The molecule has 0 heterocycles. The van der Waals surface area contributed by atoms with E-state index >= 15 is 0 Å². The van der Waals surface area contributed by atoms with Gasteiger partial charge in [-0.25, -0.2) is 9.18 Å². The van der Waals surface area contributed by atoms with E-state index in [2.05, 4.69) is 4.74 Å². The third-order valence-corrected chi connectivity index (χ3v) is 0.992. The highest BCUT2D eigenvalue weighted by Gasteiger charge is 2.34. The molecule has 0 amide bonds. The van der Waals surface area contributed by atoms with Crippen molar-refractivity contribution in [2.24, 2.45) is 0 Å². The Kier molecular flexibility index (Phi) is 2.98. The Bertz CT molecular complexity index is 175. The summed E-state index contributed by atoms with van der Waals surface area (Å²) in [5, 5.41) is 8.19. The molecule has 0 unspecified atom stereocenters. The molecule has 0 aromatic carbocycles. The van der Waals surface area contributed by atoms with Crippen LogP contribution in [-0.2, 0) is 14.3 Å². The minimum atomic E-state index is -2.49. The van der Waals surface area contributed by atoms with Crippen molar-refractivity contribution in [3.8, 4) is 0 Å². The van der Waals surface area contributed by atoms with Gasteiger partial charge in [0.25, 0.3) is 0 Å². The van der Waals surface area contributed by atoms with Gasteiger partial charge in [-0.2, -0.15) is 0 Å². The molecule has 4 nitrogen and oxygen atoms in total. The summed E-state index contributed by atoms with van der Waals surface area (Å²) in [6.07, 6.45) is 0. The molecule has 0 spiro atoms. The van der Waals surface area contributed by atoms with Crippen molar-refractivity contribution in [3.05, 3.63) is 0 Å². The van der Waals surface area contributed by atoms with Crippen molar-refractivity contribution in [2.75, 3.05) is 6.61 Å². The van der Waals surface area contributed by atoms with E-state index in [1.807, 2.05) is 0 Å². The molecule has 0 bridgehead atoms. The fraction of sp³-hybridized carbons (Fsp3) is 0.667. The van der Waals surface area contributed by atoms with Crippen LogP contribution < -0.4 is 0 Å². The van der Waals surface area contributed by atoms with Crippen molar-refractivity contribution in [1.29, 1.82) is 0 Å². The second-order valence-corrected chi connectivity index (χ2v) is 2.28. The number of ether oxygens (including phenoxy) is 1. The number of carboxylic acids is 1. The summed E-state index contributed by atoms with van der Waals surface area (Å²) in [7, 11) is 0. The topological polar surface area (TPSA) is 63.6 Å². The van der Waals surface area contributed by atoms with Crippen molar-refractivity contribution >= 4 is 11.9 Å². The normalized spacial score (nSPS) is 15.2. The number of hydrogen-bond donors (Lipinski definition) is 1. The van der Waals surface area contributed by atoms with Crippen LogP contribution in [0.3, 0.4) is 0 Å². The van der Waals surface area contributed by atoms with Gasteiger partial charge >= 0.3 is 11.9 Å². The zero-order chi connectivity index (χ0) is 9.07. The summed E-state index contributed by atoms with van der Waals surface area (Å²) in [5.74, 6) is -2.34. The van der Waals surface area contributed by atoms with Crippen LogP contribution in [0.2, 0.25) is 0 Å². The smallest absolute Gasteiger partial charge is 0.344 e. The Morgan fingerprint density at radius 1 is 1.64 bits per heavy atom. The summed E-state index contributed by atoms with van der Waals surface area (Å²) in [6.45, 7) is 1.16. The maximum Gasteiger partial charge on any atom is 0.344 e. The first-order valence-corrected chi connectivity index (χ1v) is 2.92. The van der Waals surface area contributed by atoms with Gasteiger partial charge in [0, 0.05) is 6.92 Å². The number of rotatable bonds is 3. The maximum atomic E-state index is 12.7. The van der Waals surface area contributed by atoms with Crippen LogP contribution in [0.1, 0.15) is 13.8 Å². The van der Waals surface area contributed by atoms with E-state index in [1.54, 1.807) is 0 Å². The summed E-state index contributed by atoms with van der Waals surface area (Å²) in [5.41, 5.74) is -2.49. The Labute approximate surface area is 63.0 Å². The van der Waals surface area contributed by atoms with Crippen LogP contribution in [0.15, 0.2) is 0 Å². The first-order valence-electron chi connectivity index (χ1n) is 2.92. The number of carbonyl (C=O) groups is 2. The van der Waals surface area contributed by atoms with Gasteiger partial charge in [0.2, 0.25) is 5.67 Å². The Balaban J connectivity index is 3.92. The molecule has 0 rings (SSSR count). The minimum Gasteiger partial charge on any atom is -0.479 e. The van der Waals surface area contributed by atoms with E-state index in [0.717, 1.165) is 13.8 Å². The highest BCUT2D eigenvalue weighted by molar-refractivity contribution is 5.77. The molecule has 0 aromatic rings. The number of carbonyl (C=O) groups excluding carboxylic acids is 1. The molecular weight excluding hydrogens is 155 g/mol. The fourth-order valence-electron chi connectivity index (χ4n) is 0.299. The quantitative estimate of drug-likeness (QED) is 0.612. The van der Waals surface area contributed by atoms with E-state index in [0.29, 0.717) is 0 Å². The first-order chi connectivity index (χ1) is 4.86. The van der Waals surface area contributed by atoms with Crippen molar-refractivity contribution in [3.63, 3.8) is 0 Å². The summed E-state index contributed by atoms with van der Waals surface area (Å²) in [6, 6.07) is 0. The fourth-order valence-corrected chi connectivity index (χ4v) is 0.299. The second kappa shape index (κ2) is 3.32. The van der Waals surface area contributed by atoms with Gasteiger partial charge in [-0.15, -0.1) is 0 Å². The van der Waals surface area contributed by atoms with Crippen LogP contribution >= 0.6 is 0 Å². The molecular formula is C6H9FO4. The third-order valence-electron chi connectivity index (χ3n) is 0.992. The van der Waals surface area contributed by atoms with E-state index in [-0.39, 0.29) is 0 Å². The number of alkyl halides is 1. The maximum absolute atomic E-state index is 12.7. The minimum absolute atomic E-state index is 0.699. The van der Waals surface area contributed by atoms with Crippen LogP contribution in [-0.4, -0.2) is 29.3 Å². The molecule has 64 valence electrons. The highest BCUT2D eigenvalue weighted by atomic mass is 19.1. The molecule has 1 N–H and O–H groups in total. The third kappa shape index (κ3) is 3.54. The Hall–Kier alpha value is -1.13. The number of hydrogen-bond acceptors (Lipinski definition) is 3. The van der Waals surface area contributed by atoms with Crippen LogP contribution in [0.25, 0.3) is 0 Å². The standard InChI is InChI=1S/C6H9FO4/c1-4(8)11-3-6(2,7)5(9)10/h3H2,1-2H3,(H,9,10)/t6-/m1/s1. The van der Waals surface area contributed by atoms with E-state index in [1.165, 1.54) is 0 Å². The average molecular weight is 164 g/mol. The number of carboxylic acid groups (broad SMARTS) is 1. The van der Waals surface area contributed by atoms with Crippen molar-refractivity contribution < 1.29 is 23.8 Å². The number of aliphatic carboxylic acids is 1. The van der Waals surface area contributed by atoms with Crippen molar-refractivity contribution in [2.45, 2.75) is 19.5 Å². The van der Waals surface area contributed by atoms with Gasteiger partial charge in [-0.3, -0.25) is 4.79 Å². The molecule has 0 aliphatic carbocycles. The highest BCUT2D eigenvalue weighted by Crippen LogP contribution is 2.10. The zero-order valence-corrected chi connectivity index (χ0v) is 6.26. The molecule has 0 saturated heterocycles. The predicted octanol–water partition coefficient (Wildman–Crippen LogP) is 0.362. The number of esters is 1. The molecule has 11 heavy (non-hydrogen) atoms. The average Bonchev–Trinajstić information content (AvgIpc) is 1.84. The molecule has 0 saturated carbocycles. The molecule has 0 aliphatic heterocycles. The largest absolute Gasteiger partial charge is 0.479 e. The second-order valence-electron chi connectivity index (χ2n) is 2.28. The molecule has 0 aromatic heterocycles. The van der Waals surface area contributed by atoms with Crippen molar-refractivity contribution in [1.82, 2.24) is 0 Å². The zero-order valence-electron chi connectivity index (χ0n) is 6.26. The number of halogens is 1. The first kappa shape index (κ1) is 9.87. The lowest BCUT2D eigenvalue weighted by Gasteiger charge is -2.13. The van der Waals surface area contributed by atoms with Crippen LogP contribution in [0.4, 0.5) is 4.39 Å². The molecule has 0 fully saturated rings. The van der Waals surface area contributed by atoms with Crippen LogP contribution in [0, 0.1) is 0 Å². The lowest BCUT2D eigenvalue weighted by Crippen LogP contribution is -2.35. The summed E-state index contributed by atoms with van der Waals surface area (Å²) >= 11 is 0. The molecule has 0 radical (unpaired) electrons. The molecule has 0 aliphatic rings. The van der Waals surface area contributed by atoms with E-state index in [9.17, 15) is 14.0 Å². The van der Waals surface area contributed by atoms with E-state index < -0.39 is 24.2 Å². The lowest BCUT2D eigenvalue weighted by molar-refractivity contribution is -0.158. The summed E-state index contributed by atoms with van der Waals surface area (Å²) < 4.78 is 16.9. The van der Waals surface area contributed by atoms with Gasteiger partial charge in [0.15, 0.2) is 0 Å².